The van der Waals surface area contributed by atoms with Crippen LogP contribution in [0.1, 0.15) is 23.4 Å². The number of H-pyrrole nitrogens is 1. The molecule has 3 aromatic rings. The van der Waals surface area contributed by atoms with Crippen LogP contribution in [-0.2, 0) is 13.1 Å². The standard InChI is InChI=1S/C18H22FN5O/c1-12-4-17(25-23-12)11-24-10-15(19)6-16(24)9-20-7-13-2-3-14-8-21-22-18(14)5-13/h2-5,8,15-16,20H,6-7,9-11H2,1H3,(H,21,22)/t15-,16-/m0/s1. The predicted octanol–water partition coefficient (Wildman–Crippen LogP) is 2.56. The molecule has 0 amide bonds. The molecule has 2 atom stereocenters. The van der Waals surface area contributed by atoms with E-state index in [4.69, 9.17) is 4.52 Å². The highest BCUT2D eigenvalue weighted by molar-refractivity contribution is 5.78. The van der Waals surface area contributed by atoms with Crippen LogP contribution in [0, 0.1) is 6.92 Å². The van der Waals surface area contributed by atoms with Gasteiger partial charge in [0.25, 0.3) is 0 Å². The molecule has 4 rings (SSSR count). The van der Waals surface area contributed by atoms with Gasteiger partial charge in [0.05, 0.1) is 24.0 Å². The van der Waals surface area contributed by atoms with Gasteiger partial charge in [0.1, 0.15) is 6.17 Å². The maximum atomic E-state index is 13.9. The SMILES string of the molecule is Cc1cc(CN2C[C@@H](F)C[C@H]2CNCc2ccc3cn[nH]c3c2)on1. The Hall–Kier alpha value is -2.25. The Kier molecular flexibility index (Phi) is 4.50. The number of nitrogens with zero attached hydrogens (tertiary/aromatic N) is 3. The van der Waals surface area contributed by atoms with Crippen molar-refractivity contribution in [1.82, 2.24) is 25.6 Å². The lowest BCUT2D eigenvalue weighted by atomic mass is 10.1. The molecule has 3 heterocycles. The Morgan fingerprint density at radius 3 is 3.16 bits per heavy atom. The normalized spacial score (nSPS) is 21.4. The van der Waals surface area contributed by atoms with Crippen molar-refractivity contribution < 1.29 is 8.91 Å². The Morgan fingerprint density at radius 2 is 2.32 bits per heavy atom. The van der Waals surface area contributed by atoms with Crippen molar-refractivity contribution in [1.29, 1.82) is 0 Å². The maximum Gasteiger partial charge on any atom is 0.150 e. The summed E-state index contributed by atoms with van der Waals surface area (Å²) in [5, 5.41) is 15.5. The molecule has 0 spiro atoms. The van der Waals surface area contributed by atoms with Crippen LogP contribution in [0.4, 0.5) is 4.39 Å². The summed E-state index contributed by atoms with van der Waals surface area (Å²) in [7, 11) is 0. The highest BCUT2D eigenvalue weighted by Gasteiger charge is 2.32. The van der Waals surface area contributed by atoms with Crippen LogP contribution in [-0.4, -0.2) is 45.6 Å². The fraction of sp³-hybridized carbons (Fsp3) is 0.444. The van der Waals surface area contributed by atoms with Crippen LogP contribution < -0.4 is 5.32 Å². The van der Waals surface area contributed by atoms with Gasteiger partial charge in [-0.3, -0.25) is 10.00 Å². The van der Waals surface area contributed by atoms with Gasteiger partial charge in [-0.2, -0.15) is 5.10 Å². The van der Waals surface area contributed by atoms with Crippen molar-refractivity contribution in [3.63, 3.8) is 0 Å². The van der Waals surface area contributed by atoms with Crippen molar-refractivity contribution in [2.45, 2.75) is 38.6 Å². The van der Waals surface area contributed by atoms with Gasteiger partial charge < -0.3 is 9.84 Å². The smallest absolute Gasteiger partial charge is 0.150 e. The number of hydrogen-bond donors (Lipinski definition) is 2. The lowest BCUT2D eigenvalue weighted by Gasteiger charge is -2.23. The number of fused-ring (bicyclic) bond motifs is 1. The lowest BCUT2D eigenvalue weighted by Crippen LogP contribution is -2.37. The van der Waals surface area contributed by atoms with E-state index in [1.54, 1.807) is 0 Å². The molecule has 0 radical (unpaired) electrons. The summed E-state index contributed by atoms with van der Waals surface area (Å²) < 4.78 is 19.2. The molecule has 0 saturated carbocycles. The molecule has 1 saturated heterocycles. The number of hydrogen-bond acceptors (Lipinski definition) is 5. The van der Waals surface area contributed by atoms with Gasteiger partial charge in [-0.1, -0.05) is 17.3 Å². The molecular formula is C18H22FN5O. The summed E-state index contributed by atoms with van der Waals surface area (Å²) in [5.74, 6) is 0.793. The van der Waals surface area contributed by atoms with Crippen molar-refractivity contribution in [2.75, 3.05) is 13.1 Å². The van der Waals surface area contributed by atoms with E-state index in [2.05, 4.69) is 43.8 Å². The van der Waals surface area contributed by atoms with Gasteiger partial charge in [0.2, 0.25) is 0 Å². The zero-order chi connectivity index (χ0) is 17.2. The molecular weight excluding hydrogens is 321 g/mol. The highest BCUT2D eigenvalue weighted by Crippen LogP contribution is 2.23. The van der Waals surface area contributed by atoms with Crippen molar-refractivity contribution in [3.8, 4) is 0 Å². The van der Waals surface area contributed by atoms with Crippen LogP contribution in [0.3, 0.4) is 0 Å². The van der Waals surface area contributed by atoms with Crippen LogP contribution in [0.2, 0.25) is 0 Å². The summed E-state index contributed by atoms with van der Waals surface area (Å²) in [6.07, 6.45) is 1.59. The van der Waals surface area contributed by atoms with E-state index in [9.17, 15) is 4.39 Å². The molecule has 132 valence electrons. The zero-order valence-electron chi connectivity index (χ0n) is 14.2. The summed E-state index contributed by atoms with van der Waals surface area (Å²) >= 11 is 0. The lowest BCUT2D eigenvalue weighted by molar-refractivity contribution is 0.204. The fourth-order valence-electron chi connectivity index (χ4n) is 3.50. The number of rotatable bonds is 6. The molecule has 1 aliphatic heterocycles. The topological polar surface area (TPSA) is 70.0 Å². The predicted molar refractivity (Wildman–Crippen MR) is 92.8 cm³/mol. The number of alkyl halides is 1. The van der Waals surface area contributed by atoms with Gasteiger partial charge >= 0.3 is 0 Å². The minimum Gasteiger partial charge on any atom is -0.360 e. The Balaban J connectivity index is 1.33. The first-order valence-electron chi connectivity index (χ1n) is 8.60. The number of aryl methyl sites for hydroxylation is 1. The molecule has 2 aromatic heterocycles. The average Bonchev–Trinajstić information content (AvgIpc) is 3.28. The largest absolute Gasteiger partial charge is 0.360 e. The van der Waals surface area contributed by atoms with Crippen LogP contribution >= 0.6 is 0 Å². The number of aromatic amines is 1. The van der Waals surface area contributed by atoms with E-state index in [-0.39, 0.29) is 6.04 Å². The third-order valence-corrected chi connectivity index (χ3v) is 4.73. The minimum atomic E-state index is -0.780. The van der Waals surface area contributed by atoms with E-state index in [0.717, 1.165) is 35.4 Å². The number of halogens is 1. The second-order valence-electron chi connectivity index (χ2n) is 6.77. The number of benzene rings is 1. The molecule has 0 bridgehead atoms. The van der Waals surface area contributed by atoms with Crippen molar-refractivity contribution >= 4 is 10.9 Å². The molecule has 7 heteroatoms. The van der Waals surface area contributed by atoms with E-state index < -0.39 is 6.17 Å². The minimum absolute atomic E-state index is 0.163. The monoisotopic (exact) mass is 343 g/mol. The molecule has 1 aromatic carbocycles. The van der Waals surface area contributed by atoms with E-state index >= 15 is 0 Å². The summed E-state index contributed by atoms with van der Waals surface area (Å²) in [5.41, 5.74) is 3.07. The molecule has 25 heavy (non-hydrogen) atoms. The first-order valence-corrected chi connectivity index (χ1v) is 8.60. The van der Waals surface area contributed by atoms with Crippen LogP contribution in [0.25, 0.3) is 10.9 Å². The Labute approximate surface area is 145 Å². The molecule has 0 aliphatic carbocycles. The van der Waals surface area contributed by atoms with Gasteiger partial charge in [0.15, 0.2) is 5.76 Å². The van der Waals surface area contributed by atoms with Gasteiger partial charge in [-0.25, -0.2) is 4.39 Å². The number of likely N-dealkylation sites (tertiary alicyclic amines) is 1. The number of aromatic nitrogens is 3. The first-order chi connectivity index (χ1) is 12.2. The van der Waals surface area contributed by atoms with Crippen molar-refractivity contribution in [2.24, 2.45) is 0 Å². The third kappa shape index (κ3) is 3.72. The molecule has 0 unspecified atom stereocenters. The summed E-state index contributed by atoms with van der Waals surface area (Å²) in [6.45, 7) is 4.44. The molecule has 1 fully saturated rings. The third-order valence-electron chi connectivity index (χ3n) is 4.73. The van der Waals surface area contributed by atoms with Gasteiger partial charge in [-0.15, -0.1) is 0 Å². The Bertz CT molecular complexity index is 845. The molecule has 1 aliphatic rings. The molecule has 6 nitrogen and oxygen atoms in total. The van der Waals surface area contributed by atoms with E-state index in [0.29, 0.717) is 19.5 Å². The first kappa shape index (κ1) is 16.2. The zero-order valence-corrected chi connectivity index (χ0v) is 14.2. The Morgan fingerprint density at radius 1 is 1.40 bits per heavy atom. The van der Waals surface area contributed by atoms with Crippen molar-refractivity contribution in [3.05, 3.63) is 47.5 Å². The van der Waals surface area contributed by atoms with Gasteiger partial charge in [0, 0.05) is 37.1 Å². The highest BCUT2D eigenvalue weighted by atomic mass is 19.1. The second-order valence-corrected chi connectivity index (χ2v) is 6.77. The second kappa shape index (κ2) is 6.93. The van der Waals surface area contributed by atoms with E-state index in [1.807, 2.05) is 19.2 Å². The fourth-order valence-corrected chi connectivity index (χ4v) is 3.50. The average molecular weight is 343 g/mol. The quantitative estimate of drug-likeness (QED) is 0.720. The summed E-state index contributed by atoms with van der Waals surface area (Å²) in [4.78, 5) is 2.13. The summed E-state index contributed by atoms with van der Waals surface area (Å²) in [6, 6.07) is 8.32. The number of nitrogens with one attached hydrogen (secondary N) is 2. The van der Waals surface area contributed by atoms with Gasteiger partial charge in [-0.05, 0) is 25.0 Å². The molecule has 2 N–H and O–H groups in total. The maximum absolute atomic E-state index is 13.9. The van der Waals surface area contributed by atoms with Crippen LogP contribution in [0.5, 0.6) is 0 Å². The van der Waals surface area contributed by atoms with E-state index in [1.165, 1.54) is 5.56 Å². The van der Waals surface area contributed by atoms with Crippen LogP contribution in [0.15, 0.2) is 35.0 Å².